The first-order chi connectivity index (χ1) is 12.0. The Hall–Kier alpha value is -2.18. The number of nitrogens with one attached hydrogen (secondary N) is 2. The summed E-state index contributed by atoms with van der Waals surface area (Å²) in [4.78, 5) is 18.1. The molecule has 7 heteroatoms. The van der Waals surface area contributed by atoms with Crippen LogP contribution in [0.4, 0.5) is 8.78 Å². The highest BCUT2D eigenvalue weighted by Gasteiger charge is 2.09. The molecule has 0 aliphatic heterocycles. The van der Waals surface area contributed by atoms with Gasteiger partial charge in [0, 0.05) is 38.7 Å². The Morgan fingerprint density at radius 1 is 1.16 bits per heavy atom. The molecule has 0 heterocycles. The number of rotatable bonds is 9. The van der Waals surface area contributed by atoms with Gasteiger partial charge in [-0.2, -0.15) is 0 Å². The van der Waals surface area contributed by atoms with Crippen LogP contribution in [0, 0.1) is 11.6 Å². The Morgan fingerprint density at radius 3 is 2.48 bits per heavy atom. The highest BCUT2D eigenvalue weighted by Crippen LogP contribution is 2.09. The number of hydrogen-bond donors (Lipinski definition) is 2. The fraction of sp³-hybridized carbons (Fsp3) is 0.556. The van der Waals surface area contributed by atoms with Gasteiger partial charge in [0.1, 0.15) is 11.6 Å². The van der Waals surface area contributed by atoms with Gasteiger partial charge in [-0.1, -0.05) is 6.07 Å². The van der Waals surface area contributed by atoms with E-state index in [2.05, 4.69) is 15.6 Å². The Labute approximate surface area is 148 Å². The lowest BCUT2D eigenvalue weighted by atomic mass is 10.1. The van der Waals surface area contributed by atoms with Crippen molar-refractivity contribution in [3.63, 3.8) is 0 Å². The van der Waals surface area contributed by atoms with Crippen molar-refractivity contribution in [2.75, 3.05) is 32.7 Å². The van der Waals surface area contributed by atoms with E-state index in [4.69, 9.17) is 0 Å². The predicted molar refractivity (Wildman–Crippen MR) is 96.6 cm³/mol. The van der Waals surface area contributed by atoms with Crippen LogP contribution in [0.5, 0.6) is 0 Å². The molecule has 0 aromatic heterocycles. The molecule has 1 aromatic carbocycles. The lowest BCUT2D eigenvalue weighted by Crippen LogP contribution is -2.38. The minimum absolute atomic E-state index is 0.0815. The summed E-state index contributed by atoms with van der Waals surface area (Å²) < 4.78 is 26.5. The summed E-state index contributed by atoms with van der Waals surface area (Å²) in [6.07, 6.45) is 0.764. The average Bonchev–Trinajstić information content (AvgIpc) is 2.58. The third kappa shape index (κ3) is 7.49. The second-order valence-corrected chi connectivity index (χ2v) is 5.49. The first kappa shape index (κ1) is 20.9. The molecule has 2 N–H and O–H groups in total. The van der Waals surface area contributed by atoms with E-state index in [1.807, 2.05) is 20.8 Å². The van der Waals surface area contributed by atoms with Gasteiger partial charge in [-0.25, -0.2) is 8.78 Å². The van der Waals surface area contributed by atoms with Crippen molar-refractivity contribution in [1.82, 2.24) is 15.5 Å². The molecule has 140 valence electrons. The van der Waals surface area contributed by atoms with Gasteiger partial charge in [0.15, 0.2) is 5.96 Å². The topological polar surface area (TPSA) is 56.7 Å². The van der Waals surface area contributed by atoms with Crippen LogP contribution in [-0.2, 0) is 11.2 Å². The van der Waals surface area contributed by atoms with Crippen molar-refractivity contribution in [1.29, 1.82) is 0 Å². The van der Waals surface area contributed by atoms with Crippen LogP contribution < -0.4 is 10.6 Å². The second kappa shape index (κ2) is 11.4. The van der Waals surface area contributed by atoms with Gasteiger partial charge in [0.2, 0.25) is 5.91 Å². The van der Waals surface area contributed by atoms with Crippen LogP contribution in [0.15, 0.2) is 23.2 Å². The molecule has 0 saturated heterocycles. The zero-order valence-electron chi connectivity index (χ0n) is 15.2. The number of guanidine groups is 1. The molecule has 0 radical (unpaired) electrons. The quantitative estimate of drug-likeness (QED) is 0.529. The fourth-order valence-corrected chi connectivity index (χ4v) is 2.38. The summed E-state index contributed by atoms with van der Waals surface area (Å²) in [5.41, 5.74) is 0.446. The van der Waals surface area contributed by atoms with Crippen LogP contribution in [0.25, 0.3) is 0 Å². The van der Waals surface area contributed by atoms with E-state index in [-0.39, 0.29) is 5.91 Å². The molecular formula is C18H28F2N4O. The fourth-order valence-electron chi connectivity index (χ4n) is 2.38. The van der Waals surface area contributed by atoms with E-state index in [9.17, 15) is 13.6 Å². The number of aliphatic imine (C=N–C) groups is 1. The van der Waals surface area contributed by atoms with Crippen molar-refractivity contribution in [3.05, 3.63) is 35.4 Å². The molecule has 1 aromatic rings. The van der Waals surface area contributed by atoms with Crippen LogP contribution >= 0.6 is 0 Å². The number of hydrogen-bond acceptors (Lipinski definition) is 2. The second-order valence-electron chi connectivity index (χ2n) is 5.49. The molecule has 5 nitrogen and oxygen atoms in total. The molecule has 0 fully saturated rings. The van der Waals surface area contributed by atoms with Crippen molar-refractivity contribution in [3.8, 4) is 0 Å². The van der Waals surface area contributed by atoms with Gasteiger partial charge >= 0.3 is 0 Å². The van der Waals surface area contributed by atoms with E-state index in [0.29, 0.717) is 57.1 Å². The van der Waals surface area contributed by atoms with Crippen molar-refractivity contribution in [2.45, 2.75) is 33.6 Å². The van der Waals surface area contributed by atoms with Crippen molar-refractivity contribution < 1.29 is 13.6 Å². The molecule has 1 rings (SSSR count). The predicted octanol–water partition coefficient (Wildman–Crippen LogP) is 2.32. The zero-order chi connectivity index (χ0) is 18.7. The van der Waals surface area contributed by atoms with Gasteiger partial charge in [-0.05, 0) is 38.8 Å². The van der Waals surface area contributed by atoms with Crippen molar-refractivity contribution >= 4 is 11.9 Å². The van der Waals surface area contributed by atoms with Gasteiger partial charge in [0.25, 0.3) is 0 Å². The number of nitrogens with zero attached hydrogens (tertiary/aromatic N) is 2. The Morgan fingerprint density at radius 2 is 1.88 bits per heavy atom. The number of carbonyl (C=O) groups excluding carboxylic acids is 1. The van der Waals surface area contributed by atoms with E-state index in [1.165, 1.54) is 12.1 Å². The maximum atomic E-state index is 13.6. The first-order valence-corrected chi connectivity index (χ1v) is 8.75. The zero-order valence-corrected chi connectivity index (χ0v) is 15.2. The minimum atomic E-state index is -0.582. The number of halogens is 2. The third-order valence-corrected chi connectivity index (χ3v) is 3.76. The Balaban J connectivity index is 2.48. The molecule has 25 heavy (non-hydrogen) atoms. The van der Waals surface area contributed by atoms with Crippen LogP contribution in [0.1, 0.15) is 32.8 Å². The van der Waals surface area contributed by atoms with Gasteiger partial charge in [-0.3, -0.25) is 9.79 Å². The largest absolute Gasteiger partial charge is 0.357 e. The molecule has 0 aliphatic carbocycles. The van der Waals surface area contributed by atoms with Crippen LogP contribution in [0.3, 0.4) is 0 Å². The normalized spacial score (nSPS) is 11.3. The lowest BCUT2D eigenvalue weighted by Gasteiger charge is -2.18. The third-order valence-electron chi connectivity index (χ3n) is 3.76. The summed E-state index contributed by atoms with van der Waals surface area (Å²) >= 11 is 0. The standard InChI is InChI=1S/C18H28F2N4O/c1-4-21-18(23-12-10-17(25)24(5-2)6-3)22-11-9-14-7-8-15(19)13-16(14)20/h7-8,13H,4-6,9-12H2,1-3H3,(H2,21,22,23). The molecule has 0 bridgehead atoms. The highest BCUT2D eigenvalue weighted by molar-refractivity contribution is 5.80. The minimum Gasteiger partial charge on any atom is -0.357 e. The summed E-state index contributed by atoms with van der Waals surface area (Å²) in [6.45, 7) is 8.75. The number of carbonyl (C=O) groups is 1. The van der Waals surface area contributed by atoms with Gasteiger partial charge in [-0.15, -0.1) is 0 Å². The molecule has 0 atom stereocenters. The van der Waals surface area contributed by atoms with E-state index >= 15 is 0 Å². The summed E-state index contributed by atoms with van der Waals surface area (Å²) in [7, 11) is 0. The van der Waals surface area contributed by atoms with Gasteiger partial charge < -0.3 is 15.5 Å². The molecular weight excluding hydrogens is 326 g/mol. The molecule has 1 amide bonds. The maximum absolute atomic E-state index is 13.6. The molecule has 0 saturated carbocycles. The van der Waals surface area contributed by atoms with E-state index < -0.39 is 11.6 Å². The molecule has 0 spiro atoms. The van der Waals surface area contributed by atoms with E-state index in [0.717, 1.165) is 6.07 Å². The van der Waals surface area contributed by atoms with Crippen LogP contribution in [-0.4, -0.2) is 49.5 Å². The van der Waals surface area contributed by atoms with E-state index in [1.54, 1.807) is 4.90 Å². The Kier molecular flexibility index (Phi) is 9.50. The molecule has 0 unspecified atom stereocenters. The molecule has 0 aliphatic rings. The number of amides is 1. The first-order valence-electron chi connectivity index (χ1n) is 8.75. The summed E-state index contributed by atoms with van der Waals surface area (Å²) in [5.74, 6) is -0.467. The highest BCUT2D eigenvalue weighted by atomic mass is 19.1. The van der Waals surface area contributed by atoms with Gasteiger partial charge in [0.05, 0.1) is 6.54 Å². The lowest BCUT2D eigenvalue weighted by molar-refractivity contribution is -0.130. The van der Waals surface area contributed by atoms with Crippen LogP contribution in [0.2, 0.25) is 0 Å². The Bertz CT molecular complexity index is 574. The maximum Gasteiger partial charge on any atom is 0.224 e. The SMILES string of the molecule is CCNC(=NCCC(=O)N(CC)CC)NCCc1ccc(F)cc1F. The average molecular weight is 354 g/mol. The number of benzene rings is 1. The smallest absolute Gasteiger partial charge is 0.224 e. The summed E-state index contributed by atoms with van der Waals surface area (Å²) in [6, 6.07) is 3.57. The monoisotopic (exact) mass is 354 g/mol. The summed E-state index contributed by atoms with van der Waals surface area (Å²) in [5, 5.41) is 6.18. The van der Waals surface area contributed by atoms with Crippen molar-refractivity contribution in [2.24, 2.45) is 4.99 Å².